The highest BCUT2D eigenvalue weighted by Gasteiger charge is 2.26. The highest BCUT2D eigenvalue weighted by Crippen LogP contribution is 2.28. The maximum atomic E-state index is 12.5. The molecule has 34 heavy (non-hydrogen) atoms. The van der Waals surface area contributed by atoms with Crippen LogP contribution in [0.25, 0.3) is 0 Å². The number of benzene rings is 2. The van der Waals surface area contributed by atoms with Crippen molar-refractivity contribution in [3.63, 3.8) is 0 Å². The molecule has 188 valence electrons. The number of hydrogen-bond donors (Lipinski definition) is 2. The lowest BCUT2D eigenvalue weighted by atomic mass is 10.0. The van der Waals surface area contributed by atoms with E-state index < -0.39 is 16.1 Å². The molecule has 0 aromatic heterocycles. The normalized spacial score (nSPS) is 12.3. The van der Waals surface area contributed by atoms with E-state index in [0.29, 0.717) is 48.5 Å². The van der Waals surface area contributed by atoms with E-state index in [0.717, 1.165) is 5.56 Å². The van der Waals surface area contributed by atoms with Gasteiger partial charge in [0.2, 0.25) is 15.9 Å². The van der Waals surface area contributed by atoms with Gasteiger partial charge in [0.1, 0.15) is 25.0 Å². The molecule has 2 rings (SSSR count). The molecule has 0 saturated heterocycles. The molecule has 2 aromatic rings. The largest absolute Gasteiger partial charge is 0.493 e. The zero-order valence-corrected chi connectivity index (χ0v) is 21.5. The van der Waals surface area contributed by atoms with Crippen LogP contribution in [-0.2, 0) is 21.2 Å². The smallest absolute Gasteiger partial charge is 0.238 e. The third kappa shape index (κ3) is 8.70. The third-order valence-corrected chi connectivity index (χ3v) is 6.70. The number of ether oxygens (including phenoxy) is 3. The van der Waals surface area contributed by atoms with E-state index >= 15 is 0 Å². The summed E-state index contributed by atoms with van der Waals surface area (Å²) in [6.45, 7) is 6.10. The van der Waals surface area contributed by atoms with Crippen molar-refractivity contribution in [2.75, 3.05) is 32.6 Å². The number of amides is 1. The van der Waals surface area contributed by atoms with Crippen LogP contribution < -0.4 is 24.2 Å². The molecule has 10 heteroatoms. The second kappa shape index (κ2) is 13.4. The van der Waals surface area contributed by atoms with Gasteiger partial charge in [0.25, 0.3) is 0 Å². The van der Waals surface area contributed by atoms with Gasteiger partial charge >= 0.3 is 0 Å². The number of para-hydroxylation sites is 1. The number of nitrogens with one attached hydrogen (secondary N) is 2. The molecule has 0 spiro atoms. The highest BCUT2D eigenvalue weighted by atomic mass is 35.5. The van der Waals surface area contributed by atoms with Crippen molar-refractivity contribution >= 4 is 27.5 Å². The first-order valence-corrected chi connectivity index (χ1v) is 13.1. The van der Waals surface area contributed by atoms with Gasteiger partial charge in [0, 0.05) is 6.54 Å². The third-order valence-electron chi connectivity index (χ3n) is 5.01. The molecule has 1 unspecified atom stereocenters. The number of methoxy groups -OCH3 is 1. The zero-order chi connectivity index (χ0) is 25.1. The van der Waals surface area contributed by atoms with Gasteiger partial charge in [0.15, 0.2) is 11.5 Å². The monoisotopic (exact) mass is 512 g/mol. The molecule has 0 aliphatic heterocycles. The van der Waals surface area contributed by atoms with Gasteiger partial charge in [-0.2, -0.15) is 0 Å². The first kappa shape index (κ1) is 27.8. The van der Waals surface area contributed by atoms with E-state index in [2.05, 4.69) is 10.0 Å². The van der Waals surface area contributed by atoms with Gasteiger partial charge in [-0.3, -0.25) is 4.79 Å². The van der Waals surface area contributed by atoms with E-state index in [1.54, 1.807) is 39.2 Å². The molecule has 2 aromatic carbocycles. The highest BCUT2D eigenvalue weighted by molar-refractivity contribution is 7.89. The summed E-state index contributed by atoms with van der Waals surface area (Å²) in [4.78, 5) is 12.5. The predicted octanol–water partition coefficient (Wildman–Crippen LogP) is 3.43. The van der Waals surface area contributed by atoms with Gasteiger partial charge in [0.05, 0.1) is 17.9 Å². The molecule has 1 amide bonds. The number of hydrogen-bond acceptors (Lipinski definition) is 6. The molecular weight excluding hydrogens is 480 g/mol. The number of halogens is 1. The Morgan fingerprint density at radius 2 is 1.71 bits per heavy atom. The Bertz CT molecular complexity index is 1050. The minimum absolute atomic E-state index is 0.0795. The van der Waals surface area contributed by atoms with Gasteiger partial charge in [-0.1, -0.05) is 43.6 Å². The van der Waals surface area contributed by atoms with Crippen molar-refractivity contribution in [3.8, 4) is 17.2 Å². The fraction of sp³-hybridized carbons (Fsp3) is 0.458. The lowest BCUT2D eigenvalue weighted by molar-refractivity contribution is -0.123. The molecule has 8 nitrogen and oxygen atoms in total. The SMILES string of the molecule is CCS(=O)(=O)NC(C(=O)NCCc1ccc(OCCOc2ccccc2Cl)c(OC)c1)C(C)C. The van der Waals surface area contributed by atoms with Crippen molar-refractivity contribution in [3.05, 3.63) is 53.1 Å². The standard InChI is InChI=1S/C24H33ClN2O6S/c1-5-34(29,30)27-23(17(2)3)24(28)26-13-12-18-10-11-21(22(16-18)31-4)33-15-14-32-20-9-7-6-8-19(20)25/h6-11,16-17,23,27H,5,12-15H2,1-4H3,(H,26,28). The molecular formula is C24H33ClN2O6S. The quantitative estimate of drug-likeness (QED) is 0.376. The van der Waals surface area contributed by atoms with Crippen LogP contribution in [0.4, 0.5) is 0 Å². The summed E-state index contributed by atoms with van der Waals surface area (Å²) in [7, 11) is -1.93. The van der Waals surface area contributed by atoms with Crippen LogP contribution in [0.15, 0.2) is 42.5 Å². The Morgan fingerprint density at radius 1 is 1.03 bits per heavy atom. The molecule has 0 bridgehead atoms. The van der Waals surface area contributed by atoms with Crippen molar-refractivity contribution in [2.24, 2.45) is 5.92 Å². The summed E-state index contributed by atoms with van der Waals surface area (Å²) in [5.41, 5.74) is 0.937. The van der Waals surface area contributed by atoms with Gasteiger partial charge < -0.3 is 19.5 Å². The molecule has 0 fully saturated rings. The molecule has 0 saturated carbocycles. The lowest BCUT2D eigenvalue weighted by Gasteiger charge is -2.21. The van der Waals surface area contributed by atoms with Gasteiger partial charge in [-0.15, -0.1) is 0 Å². The van der Waals surface area contributed by atoms with Crippen LogP contribution in [0.1, 0.15) is 26.3 Å². The van der Waals surface area contributed by atoms with E-state index in [1.807, 2.05) is 24.3 Å². The van der Waals surface area contributed by atoms with E-state index in [1.165, 1.54) is 6.92 Å². The molecule has 1 atom stereocenters. The summed E-state index contributed by atoms with van der Waals surface area (Å²) in [5.74, 6) is 1.13. The first-order chi connectivity index (χ1) is 16.2. The van der Waals surface area contributed by atoms with Crippen molar-refractivity contribution < 1.29 is 27.4 Å². The fourth-order valence-electron chi connectivity index (χ4n) is 3.06. The molecule has 0 aliphatic rings. The minimum atomic E-state index is -3.48. The number of carbonyl (C=O) groups is 1. The summed E-state index contributed by atoms with van der Waals surface area (Å²) < 4.78 is 43.0. The zero-order valence-electron chi connectivity index (χ0n) is 20.0. The Balaban J connectivity index is 1.86. The van der Waals surface area contributed by atoms with Crippen molar-refractivity contribution in [1.82, 2.24) is 10.0 Å². The average Bonchev–Trinajstić information content (AvgIpc) is 2.81. The number of rotatable bonds is 14. The number of carbonyl (C=O) groups excluding carboxylic acids is 1. The van der Waals surface area contributed by atoms with Crippen LogP contribution in [0.5, 0.6) is 17.2 Å². The van der Waals surface area contributed by atoms with Crippen LogP contribution in [0, 0.1) is 5.92 Å². The Morgan fingerprint density at radius 3 is 2.32 bits per heavy atom. The average molecular weight is 513 g/mol. The Hall–Kier alpha value is -2.49. The van der Waals surface area contributed by atoms with Crippen LogP contribution >= 0.6 is 11.6 Å². The lowest BCUT2D eigenvalue weighted by Crippen LogP contribution is -2.50. The van der Waals surface area contributed by atoms with E-state index in [9.17, 15) is 13.2 Å². The first-order valence-electron chi connectivity index (χ1n) is 11.1. The van der Waals surface area contributed by atoms with Crippen LogP contribution in [0.3, 0.4) is 0 Å². The van der Waals surface area contributed by atoms with Crippen LogP contribution in [-0.4, -0.2) is 53.0 Å². The minimum Gasteiger partial charge on any atom is -0.493 e. The molecule has 0 aliphatic carbocycles. The fourth-order valence-corrected chi connectivity index (χ4v) is 4.18. The predicted molar refractivity (Wildman–Crippen MR) is 133 cm³/mol. The Kier molecular flexibility index (Phi) is 10.9. The number of sulfonamides is 1. The molecule has 0 heterocycles. The molecule has 2 N–H and O–H groups in total. The Labute approximate surface area is 207 Å². The van der Waals surface area contributed by atoms with Crippen molar-refractivity contribution in [1.29, 1.82) is 0 Å². The van der Waals surface area contributed by atoms with Crippen molar-refractivity contribution in [2.45, 2.75) is 33.2 Å². The van der Waals surface area contributed by atoms with Gasteiger partial charge in [-0.05, 0) is 49.1 Å². The second-order valence-corrected chi connectivity index (χ2v) is 10.3. The maximum Gasteiger partial charge on any atom is 0.238 e. The summed E-state index contributed by atoms with van der Waals surface area (Å²) in [5, 5.41) is 3.35. The maximum absolute atomic E-state index is 12.5. The van der Waals surface area contributed by atoms with Gasteiger partial charge in [-0.25, -0.2) is 13.1 Å². The second-order valence-electron chi connectivity index (χ2n) is 7.90. The van der Waals surface area contributed by atoms with Crippen LogP contribution in [0.2, 0.25) is 5.02 Å². The summed E-state index contributed by atoms with van der Waals surface area (Å²) in [6, 6.07) is 11.9. The summed E-state index contributed by atoms with van der Waals surface area (Å²) >= 11 is 6.07. The molecule has 0 radical (unpaired) electrons. The van der Waals surface area contributed by atoms with E-state index in [4.69, 9.17) is 25.8 Å². The topological polar surface area (TPSA) is 103 Å². The summed E-state index contributed by atoms with van der Waals surface area (Å²) in [6.07, 6.45) is 0.545. The van der Waals surface area contributed by atoms with E-state index in [-0.39, 0.29) is 17.6 Å².